The number of benzene rings is 1. The zero-order valence-corrected chi connectivity index (χ0v) is 23.3. The summed E-state index contributed by atoms with van der Waals surface area (Å²) in [5.41, 5.74) is 8.08. The highest BCUT2D eigenvalue weighted by Gasteiger charge is 2.34. The average molecular weight is 553 g/mol. The molecule has 0 unspecified atom stereocenters. The van der Waals surface area contributed by atoms with E-state index < -0.39 is 48.3 Å². The summed E-state index contributed by atoms with van der Waals surface area (Å²) < 4.78 is 0. The van der Waals surface area contributed by atoms with E-state index in [0.717, 1.165) is 16.5 Å². The number of ketones is 2. The highest BCUT2D eigenvalue weighted by molar-refractivity contribution is 6.08. The van der Waals surface area contributed by atoms with Gasteiger partial charge >= 0.3 is 0 Å². The number of nitrogens with zero attached hydrogens (tertiary/aromatic N) is 1. The SMILES string of the molecule is CC(C)C[C@H](C=O)N[C@@H]1NC(=O)CC/C=C/CN(C)C(=O)[C@H](C(=O)[C@@H](N)Cc2c[nH]c3ccccc23)NCC1=O. The van der Waals surface area contributed by atoms with Crippen LogP contribution < -0.4 is 21.7 Å². The van der Waals surface area contributed by atoms with Crippen molar-refractivity contribution in [1.29, 1.82) is 0 Å². The number of likely N-dealkylation sites (N-methyl/N-ethyl adjacent to an activating group) is 1. The third-order valence-electron chi connectivity index (χ3n) is 6.85. The average Bonchev–Trinajstić information content (AvgIpc) is 3.33. The van der Waals surface area contributed by atoms with E-state index in [1.165, 1.54) is 4.90 Å². The Labute approximate surface area is 234 Å². The van der Waals surface area contributed by atoms with Gasteiger partial charge in [-0.1, -0.05) is 44.2 Å². The molecule has 2 aromatic rings. The van der Waals surface area contributed by atoms with Crippen LogP contribution in [0.15, 0.2) is 42.6 Å². The highest BCUT2D eigenvalue weighted by atomic mass is 16.2. The zero-order chi connectivity index (χ0) is 29.2. The number of Topliss-reactive ketones (excluding diaryl/α,β-unsaturated/α-hetero) is 2. The van der Waals surface area contributed by atoms with Crippen molar-refractivity contribution >= 4 is 40.6 Å². The Morgan fingerprint density at radius 3 is 2.67 bits per heavy atom. The summed E-state index contributed by atoms with van der Waals surface area (Å²) in [6, 6.07) is 4.58. The van der Waals surface area contributed by atoms with Gasteiger partial charge in [-0.15, -0.1) is 0 Å². The summed E-state index contributed by atoms with van der Waals surface area (Å²) in [4.78, 5) is 68.9. The van der Waals surface area contributed by atoms with Crippen molar-refractivity contribution in [2.45, 2.75) is 63.8 Å². The summed E-state index contributed by atoms with van der Waals surface area (Å²) in [7, 11) is 1.56. The van der Waals surface area contributed by atoms with Gasteiger partial charge in [0.2, 0.25) is 11.8 Å². The molecule has 0 radical (unpaired) electrons. The molecule has 0 saturated carbocycles. The van der Waals surface area contributed by atoms with Crippen LogP contribution in [0.3, 0.4) is 0 Å². The maximum atomic E-state index is 13.5. The lowest BCUT2D eigenvalue weighted by molar-refractivity contribution is -0.138. The molecule has 3 rings (SSSR count). The number of allylic oxidation sites excluding steroid dienone is 1. The first-order valence-corrected chi connectivity index (χ1v) is 13.6. The Hall–Kier alpha value is -3.67. The van der Waals surface area contributed by atoms with Crippen LogP contribution in [-0.2, 0) is 30.4 Å². The number of hydrogen-bond acceptors (Lipinski definition) is 8. The van der Waals surface area contributed by atoms with E-state index in [9.17, 15) is 24.0 Å². The van der Waals surface area contributed by atoms with Gasteiger partial charge in [0.15, 0.2) is 11.6 Å². The molecule has 1 aromatic heterocycles. The first kappa shape index (κ1) is 30.9. The van der Waals surface area contributed by atoms with Gasteiger partial charge in [-0.3, -0.25) is 29.8 Å². The summed E-state index contributed by atoms with van der Waals surface area (Å²) in [5, 5.41) is 9.30. The summed E-state index contributed by atoms with van der Waals surface area (Å²) in [6.45, 7) is 3.70. The number of aromatic nitrogens is 1. The molecule has 0 spiro atoms. The van der Waals surface area contributed by atoms with Gasteiger partial charge in [-0.05, 0) is 36.8 Å². The van der Waals surface area contributed by atoms with Gasteiger partial charge in [0, 0.05) is 37.1 Å². The van der Waals surface area contributed by atoms with Crippen LogP contribution in [0.2, 0.25) is 0 Å². The minimum absolute atomic E-state index is 0.132. The lowest BCUT2D eigenvalue weighted by Gasteiger charge is -2.27. The van der Waals surface area contributed by atoms with Gasteiger partial charge < -0.3 is 25.7 Å². The summed E-state index contributed by atoms with van der Waals surface area (Å²) >= 11 is 0. The van der Waals surface area contributed by atoms with E-state index in [0.29, 0.717) is 19.1 Å². The largest absolute Gasteiger partial charge is 0.361 e. The minimum atomic E-state index is -1.38. The van der Waals surface area contributed by atoms with Gasteiger partial charge in [0.25, 0.3) is 0 Å². The number of rotatable bonds is 9. The van der Waals surface area contributed by atoms with E-state index in [-0.39, 0.29) is 31.2 Å². The Morgan fingerprint density at radius 2 is 1.95 bits per heavy atom. The molecule has 1 aromatic carbocycles. The number of fused-ring (bicyclic) bond motifs is 1. The van der Waals surface area contributed by atoms with Gasteiger partial charge in [0.1, 0.15) is 18.5 Å². The van der Waals surface area contributed by atoms with Crippen molar-refractivity contribution in [3.05, 3.63) is 48.2 Å². The van der Waals surface area contributed by atoms with Crippen molar-refractivity contribution < 1.29 is 24.0 Å². The molecule has 216 valence electrons. The van der Waals surface area contributed by atoms with Gasteiger partial charge in [-0.2, -0.15) is 0 Å². The highest BCUT2D eigenvalue weighted by Crippen LogP contribution is 2.19. The molecule has 6 N–H and O–H groups in total. The molecule has 0 saturated heterocycles. The number of amides is 2. The van der Waals surface area contributed by atoms with E-state index in [1.807, 2.05) is 38.1 Å². The predicted octanol–water partition coefficient (Wildman–Crippen LogP) is 0.588. The monoisotopic (exact) mass is 552 g/mol. The number of nitrogens with one attached hydrogen (secondary N) is 4. The maximum Gasteiger partial charge on any atom is 0.247 e. The minimum Gasteiger partial charge on any atom is -0.361 e. The normalized spacial score (nSPS) is 22.0. The van der Waals surface area contributed by atoms with Crippen LogP contribution in [0.25, 0.3) is 10.9 Å². The molecular formula is C29H40N6O5. The van der Waals surface area contributed by atoms with Crippen molar-refractivity contribution in [2.75, 3.05) is 20.1 Å². The maximum absolute atomic E-state index is 13.5. The quantitative estimate of drug-likeness (QED) is 0.171. The van der Waals surface area contributed by atoms with Crippen molar-refractivity contribution in [3.8, 4) is 0 Å². The summed E-state index contributed by atoms with van der Waals surface area (Å²) in [5.74, 6) is -1.78. The van der Waals surface area contributed by atoms with E-state index in [4.69, 9.17) is 5.73 Å². The first-order valence-electron chi connectivity index (χ1n) is 13.6. The molecule has 2 amide bonds. The van der Waals surface area contributed by atoms with Crippen molar-refractivity contribution in [2.24, 2.45) is 11.7 Å². The number of carbonyl (C=O) groups is 5. The first-order chi connectivity index (χ1) is 19.1. The molecule has 0 bridgehead atoms. The number of H-pyrrole nitrogens is 1. The number of nitrogens with two attached hydrogens (primary N) is 1. The number of aldehydes is 1. The van der Waals surface area contributed by atoms with Crippen LogP contribution >= 0.6 is 0 Å². The van der Waals surface area contributed by atoms with Crippen LogP contribution in [0.5, 0.6) is 0 Å². The van der Waals surface area contributed by atoms with Crippen LogP contribution in [-0.4, -0.2) is 84.0 Å². The van der Waals surface area contributed by atoms with E-state index >= 15 is 0 Å². The fourth-order valence-corrected chi connectivity index (χ4v) is 4.67. The van der Waals surface area contributed by atoms with Crippen molar-refractivity contribution in [3.63, 3.8) is 0 Å². The number of para-hydroxylation sites is 1. The fraction of sp³-hybridized carbons (Fsp3) is 0.483. The molecule has 11 heteroatoms. The smallest absolute Gasteiger partial charge is 0.247 e. The topological polar surface area (TPSA) is 166 Å². The molecule has 2 heterocycles. The lowest BCUT2D eigenvalue weighted by atomic mass is 9.97. The van der Waals surface area contributed by atoms with Gasteiger partial charge in [0.05, 0.1) is 18.6 Å². The van der Waals surface area contributed by atoms with Crippen molar-refractivity contribution in [1.82, 2.24) is 25.8 Å². The molecule has 0 aliphatic carbocycles. The van der Waals surface area contributed by atoms with E-state index in [2.05, 4.69) is 20.9 Å². The third kappa shape index (κ3) is 8.41. The van der Waals surface area contributed by atoms with Crippen LogP contribution in [0.1, 0.15) is 38.7 Å². The molecule has 0 fully saturated rings. The Kier molecular flexibility index (Phi) is 11.3. The summed E-state index contributed by atoms with van der Waals surface area (Å²) in [6.07, 6.45) is 6.02. The molecule has 1 aliphatic heterocycles. The molecule has 1 aliphatic rings. The third-order valence-corrected chi connectivity index (χ3v) is 6.85. The Balaban J connectivity index is 1.82. The second-order valence-electron chi connectivity index (χ2n) is 10.6. The zero-order valence-electron chi connectivity index (χ0n) is 23.3. The number of carbonyl (C=O) groups excluding carboxylic acids is 5. The Morgan fingerprint density at radius 1 is 1.20 bits per heavy atom. The lowest BCUT2D eigenvalue weighted by Crippen LogP contribution is -2.60. The molecule has 11 nitrogen and oxygen atoms in total. The van der Waals surface area contributed by atoms with Gasteiger partial charge in [-0.25, -0.2) is 0 Å². The van der Waals surface area contributed by atoms with Crippen LogP contribution in [0, 0.1) is 5.92 Å². The molecule has 40 heavy (non-hydrogen) atoms. The fourth-order valence-electron chi connectivity index (χ4n) is 4.67. The predicted molar refractivity (Wildman–Crippen MR) is 152 cm³/mol. The number of hydrogen-bond donors (Lipinski definition) is 5. The van der Waals surface area contributed by atoms with Crippen LogP contribution in [0.4, 0.5) is 0 Å². The second-order valence-corrected chi connectivity index (χ2v) is 10.6. The number of aromatic amines is 1. The molecule has 4 atom stereocenters. The second kappa shape index (κ2) is 14.6. The standard InChI is InChI=1S/C29H40N6O5/c1-18(2)13-20(17-36)33-28-24(37)16-32-26(29(40)35(3)12-8-4-5-11-25(38)34-28)27(39)22(30)14-19-15-31-23-10-7-6-9-21(19)23/h4,6-10,15,17-18,20,22,26,28,31-33H,5,11-14,16,30H2,1-3H3,(H,34,38)/b8-4+/t20-,22+,26+,28-/m1/s1. The van der Waals surface area contributed by atoms with E-state index in [1.54, 1.807) is 25.4 Å². The Bertz CT molecular complexity index is 1240. The molecular weight excluding hydrogens is 512 g/mol.